The van der Waals surface area contributed by atoms with Crippen LogP contribution in [0.3, 0.4) is 0 Å². The molecule has 0 aliphatic carbocycles. The molecular formula is C16H22N2O2. The fourth-order valence-corrected chi connectivity index (χ4v) is 2.48. The van der Waals surface area contributed by atoms with Gasteiger partial charge in [-0.25, -0.2) is 0 Å². The Balaban J connectivity index is 2.79. The predicted octanol–water partition coefficient (Wildman–Crippen LogP) is 4.18. The molecule has 1 aromatic heterocycles. The number of nitrogens with zero attached hydrogens (tertiary/aromatic N) is 1. The Morgan fingerprint density at radius 1 is 1.10 bits per heavy atom. The first kappa shape index (κ1) is 14.4. The first-order valence-electron chi connectivity index (χ1n) is 6.88. The summed E-state index contributed by atoms with van der Waals surface area (Å²) in [4.78, 5) is 0. The topological polar surface area (TPSA) is 61.3 Å². The lowest BCUT2D eigenvalue weighted by atomic mass is 9.88. The molecule has 0 radical (unpaired) electrons. The molecule has 2 N–H and O–H groups in total. The summed E-state index contributed by atoms with van der Waals surface area (Å²) in [5, 5.41) is 3.79. The largest absolute Gasteiger partial charge is 0.496 e. The molecule has 2 rings (SSSR count). The third kappa shape index (κ3) is 2.38. The molecule has 0 saturated carbocycles. The van der Waals surface area contributed by atoms with E-state index in [1.807, 2.05) is 0 Å². The van der Waals surface area contributed by atoms with Gasteiger partial charge in [-0.15, -0.1) is 0 Å². The van der Waals surface area contributed by atoms with Crippen LogP contribution in [0.4, 0.5) is 5.88 Å². The average molecular weight is 274 g/mol. The van der Waals surface area contributed by atoms with Crippen LogP contribution in [0.15, 0.2) is 22.9 Å². The molecule has 0 aliphatic heterocycles. The van der Waals surface area contributed by atoms with Crippen molar-refractivity contribution in [1.82, 2.24) is 5.16 Å². The van der Waals surface area contributed by atoms with Crippen molar-refractivity contribution >= 4 is 5.88 Å². The Bertz CT molecular complexity index is 601. The van der Waals surface area contributed by atoms with Gasteiger partial charge in [0.2, 0.25) is 5.88 Å². The van der Waals surface area contributed by atoms with Crippen LogP contribution in [0.25, 0.3) is 11.1 Å². The van der Waals surface area contributed by atoms with Crippen LogP contribution >= 0.6 is 0 Å². The number of anilines is 1. The van der Waals surface area contributed by atoms with Crippen molar-refractivity contribution in [3.63, 3.8) is 0 Å². The van der Waals surface area contributed by atoms with Crippen LogP contribution < -0.4 is 10.5 Å². The van der Waals surface area contributed by atoms with E-state index in [1.165, 1.54) is 5.56 Å². The first-order valence-corrected chi connectivity index (χ1v) is 6.88. The van der Waals surface area contributed by atoms with Crippen LogP contribution in [-0.2, 0) is 0 Å². The Labute approximate surface area is 119 Å². The Morgan fingerprint density at radius 3 is 2.15 bits per heavy atom. The summed E-state index contributed by atoms with van der Waals surface area (Å²) in [6.45, 7) is 8.59. The number of benzene rings is 1. The van der Waals surface area contributed by atoms with Gasteiger partial charge >= 0.3 is 0 Å². The monoisotopic (exact) mass is 274 g/mol. The van der Waals surface area contributed by atoms with Gasteiger partial charge in [-0.05, 0) is 23.0 Å². The highest BCUT2D eigenvalue weighted by Crippen LogP contribution is 2.43. The molecule has 4 heteroatoms. The lowest BCUT2D eigenvalue weighted by Crippen LogP contribution is -2.02. The van der Waals surface area contributed by atoms with Crippen LogP contribution in [0.5, 0.6) is 5.75 Å². The predicted molar refractivity (Wildman–Crippen MR) is 81.1 cm³/mol. The molecule has 2 aromatic rings. The number of methoxy groups -OCH3 is 1. The average Bonchev–Trinajstić information content (AvgIpc) is 2.82. The zero-order valence-corrected chi connectivity index (χ0v) is 12.7. The number of nitrogens with two attached hydrogens (primary N) is 1. The van der Waals surface area contributed by atoms with Gasteiger partial charge in [0.1, 0.15) is 5.75 Å². The summed E-state index contributed by atoms with van der Waals surface area (Å²) in [5.41, 5.74) is 10.0. The van der Waals surface area contributed by atoms with Crippen molar-refractivity contribution in [1.29, 1.82) is 0 Å². The SMILES string of the molecule is COc1c(C(C)C)ccc(C(C)C)c1-c1cnoc1N. The van der Waals surface area contributed by atoms with Crippen molar-refractivity contribution in [2.45, 2.75) is 39.5 Å². The minimum Gasteiger partial charge on any atom is -0.496 e. The van der Waals surface area contributed by atoms with E-state index < -0.39 is 0 Å². The fourth-order valence-electron chi connectivity index (χ4n) is 2.48. The molecule has 0 atom stereocenters. The van der Waals surface area contributed by atoms with Crippen LogP contribution in [-0.4, -0.2) is 12.3 Å². The maximum absolute atomic E-state index is 5.91. The highest BCUT2D eigenvalue weighted by atomic mass is 16.5. The highest BCUT2D eigenvalue weighted by Gasteiger charge is 2.22. The molecule has 0 bridgehead atoms. The number of ether oxygens (including phenoxy) is 1. The maximum atomic E-state index is 5.91. The van der Waals surface area contributed by atoms with Crippen molar-refractivity contribution in [3.05, 3.63) is 29.5 Å². The Kier molecular flexibility index (Phi) is 4.02. The molecule has 0 fully saturated rings. The minimum absolute atomic E-state index is 0.325. The van der Waals surface area contributed by atoms with Crippen molar-refractivity contribution in [2.24, 2.45) is 0 Å². The summed E-state index contributed by atoms with van der Waals surface area (Å²) in [6.07, 6.45) is 1.66. The normalized spacial score (nSPS) is 11.3. The van der Waals surface area contributed by atoms with Gasteiger partial charge in [0, 0.05) is 5.56 Å². The third-order valence-corrected chi connectivity index (χ3v) is 3.54. The second-order valence-electron chi connectivity index (χ2n) is 5.57. The standard InChI is InChI=1S/C16H22N2O2/c1-9(2)11-6-7-12(10(3)4)15(19-5)14(11)13-8-18-20-16(13)17/h6-10H,17H2,1-5H3. The van der Waals surface area contributed by atoms with Gasteiger partial charge < -0.3 is 15.0 Å². The van der Waals surface area contributed by atoms with Gasteiger partial charge in [0.25, 0.3) is 0 Å². The molecule has 0 aliphatic rings. The van der Waals surface area contributed by atoms with Gasteiger partial charge in [0.05, 0.1) is 18.9 Å². The Morgan fingerprint density at radius 2 is 1.70 bits per heavy atom. The van der Waals surface area contributed by atoms with E-state index in [0.717, 1.165) is 22.4 Å². The zero-order valence-electron chi connectivity index (χ0n) is 12.7. The van der Waals surface area contributed by atoms with Crippen LogP contribution in [0.1, 0.15) is 50.7 Å². The molecule has 0 amide bonds. The highest BCUT2D eigenvalue weighted by molar-refractivity contribution is 5.81. The number of nitrogen functional groups attached to an aromatic ring is 1. The quantitative estimate of drug-likeness (QED) is 0.908. The smallest absolute Gasteiger partial charge is 0.230 e. The molecule has 4 nitrogen and oxygen atoms in total. The van der Waals surface area contributed by atoms with E-state index in [0.29, 0.717) is 17.7 Å². The fraction of sp³-hybridized carbons (Fsp3) is 0.438. The number of aromatic nitrogens is 1. The second kappa shape index (κ2) is 5.57. The van der Waals surface area contributed by atoms with Crippen LogP contribution in [0.2, 0.25) is 0 Å². The molecule has 0 saturated heterocycles. The minimum atomic E-state index is 0.325. The molecule has 108 valence electrons. The van der Waals surface area contributed by atoms with Crippen molar-refractivity contribution < 1.29 is 9.26 Å². The summed E-state index contributed by atoms with van der Waals surface area (Å²) < 4.78 is 10.7. The molecule has 20 heavy (non-hydrogen) atoms. The van der Waals surface area contributed by atoms with Gasteiger partial charge in [-0.3, -0.25) is 0 Å². The summed E-state index contributed by atoms with van der Waals surface area (Å²) in [5.74, 6) is 1.91. The second-order valence-corrected chi connectivity index (χ2v) is 5.57. The summed E-state index contributed by atoms with van der Waals surface area (Å²) in [6, 6.07) is 4.27. The molecule has 0 spiro atoms. The van der Waals surface area contributed by atoms with E-state index in [1.54, 1.807) is 13.3 Å². The summed E-state index contributed by atoms with van der Waals surface area (Å²) >= 11 is 0. The van der Waals surface area contributed by atoms with E-state index in [-0.39, 0.29) is 0 Å². The molecule has 0 unspecified atom stereocenters. The number of hydrogen-bond acceptors (Lipinski definition) is 4. The third-order valence-electron chi connectivity index (χ3n) is 3.54. The zero-order chi connectivity index (χ0) is 14.9. The lowest BCUT2D eigenvalue weighted by molar-refractivity contribution is 0.408. The van der Waals surface area contributed by atoms with Gasteiger partial charge in [-0.2, -0.15) is 0 Å². The lowest BCUT2D eigenvalue weighted by Gasteiger charge is -2.20. The molecule has 1 aromatic carbocycles. The Hall–Kier alpha value is -1.97. The number of hydrogen-bond donors (Lipinski definition) is 1. The summed E-state index contributed by atoms with van der Waals surface area (Å²) in [7, 11) is 1.69. The van der Waals surface area contributed by atoms with Crippen LogP contribution in [0, 0.1) is 0 Å². The van der Waals surface area contributed by atoms with E-state index >= 15 is 0 Å². The van der Waals surface area contributed by atoms with Gasteiger partial charge in [-0.1, -0.05) is 45.0 Å². The number of rotatable bonds is 4. The van der Waals surface area contributed by atoms with Crippen molar-refractivity contribution in [2.75, 3.05) is 12.8 Å². The van der Waals surface area contributed by atoms with E-state index in [2.05, 4.69) is 45.0 Å². The van der Waals surface area contributed by atoms with E-state index in [4.69, 9.17) is 15.0 Å². The first-order chi connectivity index (χ1) is 9.47. The van der Waals surface area contributed by atoms with Gasteiger partial charge in [0.15, 0.2) is 0 Å². The maximum Gasteiger partial charge on any atom is 0.230 e. The molecule has 1 heterocycles. The van der Waals surface area contributed by atoms with Crippen molar-refractivity contribution in [3.8, 4) is 16.9 Å². The van der Waals surface area contributed by atoms with E-state index in [9.17, 15) is 0 Å². The molecular weight excluding hydrogens is 252 g/mol.